The number of hydrogen-bond donors (Lipinski definition) is 2. The molecule has 1 atom stereocenters. The largest absolute Gasteiger partial charge is 0.387 e. The maximum atomic E-state index is 10.7. The number of aromatic amines is 1. The Labute approximate surface area is 187 Å². The molecule has 1 fully saturated rings. The van der Waals surface area contributed by atoms with Gasteiger partial charge in [0.25, 0.3) is 0 Å². The molecule has 0 aliphatic carbocycles. The molecule has 4 nitrogen and oxygen atoms in total. The molecule has 2 aromatic heterocycles. The topological polar surface area (TPSA) is 52.1 Å². The normalized spacial score (nSPS) is 16.4. The number of aromatic nitrogens is 2. The lowest BCUT2D eigenvalue weighted by Gasteiger charge is -2.33. The number of benzene rings is 2. The fraction of sp³-hybridized carbons (Fsp3) is 0.269. The summed E-state index contributed by atoms with van der Waals surface area (Å²) in [5.41, 5.74) is 5.93. The Kier molecular flexibility index (Phi) is 5.98. The number of H-pyrrole nitrogens is 1. The molecule has 0 bridgehead atoms. The minimum Gasteiger partial charge on any atom is -0.387 e. The van der Waals surface area contributed by atoms with Crippen molar-refractivity contribution < 1.29 is 5.11 Å². The van der Waals surface area contributed by atoms with Crippen LogP contribution in [0.5, 0.6) is 0 Å². The second-order valence-electron chi connectivity index (χ2n) is 8.29. The quantitative estimate of drug-likeness (QED) is 0.410. The van der Waals surface area contributed by atoms with Crippen molar-refractivity contribution in [3.8, 4) is 22.4 Å². The molecule has 2 N–H and O–H groups in total. The van der Waals surface area contributed by atoms with E-state index in [4.69, 9.17) is 0 Å². The summed E-state index contributed by atoms with van der Waals surface area (Å²) < 4.78 is 0. The van der Waals surface area contributed by atoms with Crippen LogP contribution in [0.25, 0.3) is 22.4 Å². The van der Waals surface area contributed by atoms with E-state index in [2.05, 4.69) is 63.6 Å². The van der Waals surface area contributed by atoms with Crippen LogP contribution in [-0.2, 0) is 6.54 Å². The van der Waals surface area contributed by atoms with Gasteiger partial charge in [-0.2, -0.15) is 5.10 Å². The second-order valence-corrected chi connectivity index (χ2v) is 9.27. The molecular weight excluding hydrogens is 402 g/mol. The van der Waals surface area contributed by atoms with Crippen molar-refractivity contribution in [1.29, 1.82) is 0 Å². The second kappa shape index (κ2) is 9.18. The van der Waals surface area contributed by atoms with Gasteiger partial charge in [0, 0.05) is 17.0 Å². The summed E-state index contributed by atoms with van der Waals surface area (Å²) in [6.07, 6.45) is 3.68. The Morgan fingerprint density at radius 3 is 2.35 bits per heavy atom. The number of aliphatic hydroxyl groups is 1. The molecule has 3 heterocycles. The van der Waals surface area contributed by atoms with E-state index in [1.54, 1.807) is 11.3 Å². The summed E-state index contributed by atoms with van der Waals surface area (Å²) in [6, 6.07) is 23.2. The molecule has 0 spiro atoms. The Bertz CT molecular complexity index is 1080. The van der Waals surface area contributed by atoms with Crippen LogP contribution in [0, 0.1) is 5.92 Å². The monoisotopic (exact) mass is 429 g/mol. The van der Waals surface area contributed by atoms with E-state index >= 15 is 0 Å². The molecule has 4 aromatic rings. The molecule has 1 saturated heterocycles. The Hall–Kier alpha value is -2.73. The summed E-state index contributed by atoms with van der Waals surface area (Å²) in [4.78, 5) is 3.57. The highest BCUT2D eigenvalue weighted by molar-refractivity contribution is 7.10. The van der Waals surface area contributed by atoms with Crippen LogP contribution in [0.15, 0.2) is 78.3 Å². The Balaban J connectivity index is 1.23. The van der Waals surface area contributed by atoms with Gasteiger partial charge >= 0.3 is 0 Å². The number of nitrogens with one attached hydrogen (secondary N) is 1. The summed E-state index contributed by atoms with van der Waals surface area (Å²) in [6.45, 7) is 2.89. The first-order valence-electron chi connectivity index (χ1n) is 10.9. The van der Waals surface area contributed by atoms with Crippen LogP contribution in [0.3, 0.4) is 0 Å². The molecule has 1 aliphatic heterocycles. The van der Waals surface area contributed by atoms with Gasteiger partial charge in [-0.3, -0.25) is 10.00 Å². The maximum absolute atomic E-state index is 10.7. The number of piperidine rings is 1. The molecule has 0 amide bonds. The van der Waals surface area contributed by atoms with Gasteiger partial charge in [-0.05, 0) is 60.0 Å². The summed E-state index contributed by atoms with van der Waals surface area (Å²) in [5.74, 6) is 0.351. The number of aliphatic hydroxyl groups excluding tert-OH is 1. The van der Waals surface area contributed by atoms with Gasteiger partial charge in [0.05, 0.1) is 18.0 Å². The molecule has 0 radical (unpaired) electrons. The summed E-state index contributed by atoms with van der Waals surface area (Å²) in [7, 11) is 0. The Morgan fingerprint density at radius 1 is 0.935 bits per heavy atom. The van der Waals surface area contributed by atoms with Crippen LogP contribution in [0.4, 0.5) is 0 Å². The van der Waals surface area contributed by atoms with Crippen molar-refractivity contribution >= 4 is 11.3 Å². The van der Waals surface area contributed by atoms with Crippen molar-refractivity contribution in [2.45, 2.75) is 25.5 Å². The standard InChI is InChI=1S/C26H27N3OS/c30-26(24-7-4-16-31-24)22-12-14-29(15-13-22)18-23-17-27-28-25(23)21-10-8-20(9-11-21)19-5-2-1-3-6-19/h1-11,16-17,22,26,30H,12-15,18H2,(H,27,28)/t26-/m0/s1. The third kappa shape index (κ3) is 4.49. The minimum atomic E-state index is -0.324. The van der Waals surface area contributed by atoms with Gasteiger partial charge in [-0.25, -0.2) is 0 Å². The lowest BCUT2D eigenvalue weighted by molar-refractivity contribution is 0.0591. The molecule has 0 saturated carbocycles. The van der Waals surface area contributed by atoms with Crippen molar-refractivity contribution in [3.63, 3.8) is 0 Å². The number of nitrogens with zero attached hydrogens (tertiary/aromatic N) is 2. The van der Waals surface area contributed by atoms with Gasteiger partial charge in [0.1, 0.15) is 0 Å². The van der Waals surface area contributed by atoms with Crippen molar-refractivity contribution in [3.05, 3.63) is 88.7 Å². The Morgan fingerprint density at radius 2 is 1.65 bits per heavy atom. The lowest BCUT2D eigenvalue weighted by Crippen LogP contribution is -2.35. The van der Waals surface area contributed by atoms with Gasteiger partial charge in [0.2, 0.25) is 0 Å². The highest BCUT2D eigenvalue weighted by Gasteiger charge is 2.27. The lowest BCUT2D eigenvalue weighted by atomic mass is 9.90. The zero-order valence-electron chi connectivity index (χ0n) is 17.4. The molecule has 158 valence electrons. The van der Waals surface area contributed by atoms with Crippen LogP contribution in [-0.4, -0.2) is 33.3 Å². The fourth-order valence-electron chi connectivity index (χ4n) is 4.50. The van der Waals surface area contributed by atoms with E-state index in [-0.39, 0.29) is 6.10 Å². The van der Waals surface area contributed by atoms with E-state index < -0.39 is 0 Å². The smallest absolute Gasteiger partial charge is 0.0910 e. The third-order valence-corrected chi connectivity index (χ3v) is 7.25. The summed E-state index contributed by atoms with van der Waals surface area (Å²) in [5, 5.41) is 20.2. The van der Waals surface area contributed by atoms with Gasteiger partial charge in [-0.1, -0.05) is 60.7 Å². The van der Waals surface area contributed by atoms with Gasteiger partial charge < -0.3 is 5.11 Å². The van der Waals surface area contributed by atoms with Gasteiger partial charge in [0.15, 0.2) is 0 Å². The van der Waals surface area contributed by atoms with Crippen molar-refractivity contribution in [2.75, 3.05) is 13.1 Å². The maximum Gasteiger partial charge on any atom is 0.0910 e. The van der Waals surface area contributed by atoms with E-state index in [1.807, 2.05) is 29.8 Å². The first-order valence-corrected chi connectivity index (χ1v) is 11.8. The number of thiophene rings is 1. The molecule has 0 unspecified atom stereocenters. The van der Waals surface area contributed by atoms with E-state index in [1.165, 1.54) is 16.7 Å². The minimum absolute atomic E-state index is 0.324. The first kappa shape index (κ1) is 20.2. The molecular formula is C26H27N3OS. The van der Waals surface area contributed by atoms with Gasteiger partial charge in [-0.15, -0.1) is 11.3 Å². The van der Waals surface area contributed by atoms with E-state index in [9.17, 15) is 5.11 Å². The van der Waals surface area contributed by atoms with Crippen molar-refractivity contribution in [2.24, 2.45) is 5.92 Å². The average molecular weight is 430 g/mol. The zero-order chi connectivity index (χ0) is 21.0. The molecule has 31 heavy (non-hydrogen) atoms. The fourth-order valence-corrected chi connectivity index (χ4v) is 5.30. The summed E-state index contributed by atoms with van der Waals surface area (Å²) >= 11 is 1.65. The number of rotatable bonds is 6. The average Bonchev–Trinajstić information content (AvgIpc) is 3.53. The predicted octanol–water partition coefficient (Wildman–Crippen LogP) is 5.75. The molecule has 1 aliphatic rings. The zero-order valence-corrected chi connectivity index (χ0v) is 18.3. The van der Waals surface area contributed by atoms with E-state index in [0.29, 0.717) is 5.92 Å². The molecule has 2 aromatic carbocycles. The van der Waals surface area contributed by atoms with Crippen molar-refractivity contribution in [1.82, 2.24) is 15.1 Å². The number of likely N-dealkylation sites (tertiary alicyclic amines) is 1. The third-order valence-electron chi connectivity index (χ3n) is 6.31. The van der Waals surface area contributed by atoms with E-state index in [0.717, 1.165) is 48.6 Å². The van der Waals surface area contributed by atoms with Crippen LogP contribution in [0.1, 0.15) is 29.4 Å². The van der Waals surface area contributed by atoms with Crippen LogP contribution >= 0.6 is 11.3 Å². The van der Waals surface area contributed by atoms with Crippen LogP contribution in [0.2, 0.25) is 0 Å². The highest BCUT2D eigenvalue weighted by Crippen LogP contribution is 2.34. The molecule has 5 rings (SSSR count). The number of hydrogen-bond acceptors (Lipinski definition) is 4. The highest BCUT2D eigenvalue weighted by atomic mass is 32.1. The van der Waals surface area contributed by atoms with Crippen LogP contribution < -0.4 is 0 Å². The predicted molar refractivity (Wildman–Crippen MR) is 127 cm³/mol. The SMILES string of the molecule is O[C@H](c1cccs1)C1CCN(Cc2cn[nH]c2-c2ccc(-c3ccccc3)cc2)CC1. The molecule has 5 heteroatoms. The first-order chi connectivity index (χ1) is 15.3.